The Morgan fingerprint density at radius 3 is 2.79 bits per heavy atom. The van der Waals surface area contributed by atoms with Crippen LogP contribution in [0.2, 0.25) is 0 Å². The van der Waals surface area contributed by atoms with Crippen molar-refractivity contribution >= 4 is 50.2 Å². The molecule has 1 fully saturated rings. The number of hydrogen-bond acceptors (Lipinski definition) is 9. The molecular weight excluding hydrogens is 428 g/mol. The van der Waals surface area contributed by atoms with Gasteiger partial charge in [-0.05, 0) is 24.6 Å². The van der Waals surface area contributed by atoms with Crippen molar-refractivity contribution in [3.63, 3.8) is 0 Å². The number of thiazole rings is 1. The molecule has 2 heterocycles. The van der Waals surface area contributed by atoms with Crippen molar-refractivity contribution in [2.24, 2.45) is 16.8 Å². The molecule has 1 unspecified atom stereocenters. The van der Waals surface area contributed by atoms with Crippen LogP contribution >= 0.6 is 23.4 Å². The van der Waals surface area contributed by atoms with E-state index in [0.717, 1.165) is 26.4 Å². The van der Waals surface area contributed by atoms with Crippen molar-refractivity contribution in [1.29, 1.82) is 0 Å². The van der Waals surface area contributed by atoms with Gasteiger partial charge in [0.15, 0.2) is 5.84 Å². The van der Waals surface area contributed by atoms with Gasteiger partial charge in [0.25, 0.3) is 0 Å². The number of aromatic nitrogens is 1. The van der Waals surface area contributed by atoms with Gasteiger partial charge in [0, 0.05) is 36.3 Å². The Morgan fingerprint density at radius 2 is 2.17 bits per heavy atom. The summed E-state index contributed by atoms with van der Waals surface area (Å²) in [4.78, 5) is 5.61. The number of rotatable bonds is 5. The standard InChI is InChI=1S/C18H20N6O2S3/c1-9-22-16-12(3-2-4-13(16)27-9)11-5-6-14(29(26)10-7-21-8-10)17(28-25)15(11)18(23-19)24-20/h2-6,10,21,25H,7-8,19-20H2,1H3,(H,23,24). The van der Waals surface area contributed by atoms with Gasteiger partial charge >= 0.3 is 0 Å². The Bertz CT molecular complexity index is 1130. The molecule has 0 radical (unpaired) electrons. The van der Waals surface area contributed by atoms with Gasteiger partial charge in [-0.3, -0.25) is 4.21 Å². The smallest absolute Gasteiger partial charge is 0.168 e. The van der Waals surface area contributed by atoms with Crippen molar-refractivity contribution in [1.82, 2.24) is 15.7 Å². The summed E-state index contributed by atoms with van der Waals surface area (Å²) in [5.41, 5.74) is 5.44. The van der Waals surface area contributed by atoms with Crippen molar-refractivity contribution in [3.8, 4) is 11.1 Å². The molecule has 3 aromatic rings. The van der Waals surface area contributed by atoms with E-state index >= 15 is 0 Å². The summed E-state index contributed by atoms with van der Waals surface area (Å²) in [6.45, 7) is 3.30. The molecule has 0 amide bonds. The normalized spacial score (nSPS) is 16.0. The number of aryl methyl sites for hydroxylation is 1. The van der Waals surface area contributed by atoms with Gasteiger partial charge in [-0.25, -0.2) is 10.8 Å². The third kappa shape index (κ3) is 3.54. The lowest BCUT2D eigenvalue weighted by Crippen LogP contribution is -2.49. The fraction of sp³-hybridized carbons (Fsp3) is 0.222. The molecular formula is C18H20N6O2S3. The molecule has 0 aliphatic carbocycles. The average molecular weight is 449 g/mol. The van der Waals surface area contributed by atoms with Crippen LogP contribution < -0.4 is 22.4 Å². The maximum Gasteiger partial charge on any atom is 0.168 e. The quantitative estimate of drug-likeness (QED) is 0.131. The lowest BCUT2D eigenvalue weighted by molar-refractivity contribution is 0.525. The summed E-state index contributed by atoms with van der Waals surface area (Å²) >= 11 is 2.12. The number of fused-ring (bicyclic) bond motifs is 1. The molecule has 4 rings (SSSR count). The van der Waals surface area contributed by atoms with Gasteiger partial charge in [-0.1, -0.05) is 18.2 Å². The summed E-state index contributed by atoms with van der Waals surface area (Å²) in [6, 6.07) is 9.56. The third-order valence-electron chi connectivity index (χ3n) is 4.80. The molecule has 8 nitrogen and oxygen atoms in total. The summed E-state index contributed by atoms with van der Waals surface area (Å²) in [5.74, 6) is 11.4. The highest BCUT2D eigenvalue weighted by atomic mass is 32.2. The van der Waals surface area contributed by atoms with Crippen LogP contribution in [0.4, 0.5) is 0 Å². The predicted molar refractivity (Wildman–Crippen MR) is 119 cm³/mol. The molecule has 1 atom stereocenters. The van der Waals surface area contributed by atoms with Gasteiger partial charge in [-0.2, -0.15) is 5.10 Å². The van der Waals surface area contributed by atoms with E-state index in [4.69, 9.17) is 11.7 Å². The first-order valence-corrected chi connectivity index (χ1v) is 11.6. The van der Waals surface area contributed by atoms with Crippen molar-refractivity contribution in [2.75, 3.05) is 13.1 Å². The molecule has 0 bridgehead atoms. The Labute approximate surface area is 178 Å². The van der Waals surface area contributed by atoms with Gasteiger partial charge in [0.05, 0.1) is 41.1 Å². The highest BCUT2D eigenvalue weighted by Crippen LogP contribution is 2.39. The van der Waals surface area contributed by atoms with Gasteiger partial charge < -0.3 is 21.1 Å². The Hall–Kier alpha value is -2.02. The van der Waals surface area contributed by atoms with E-state index in [2.05, 4.69) is 20.8 Å². The van der Waals surface area contributed by atoms with Crippen molar-refractivity contribution in [3.05, 3.63) is 40.9 Å². The van der Waals surface area contributed by atoms with Gasteiger partial charge in [0.2, 0.25) is 0 Å². The minimum Gasteiger partial charge on any atom is -0.325 e. The highest BCUT2D eigenvalue weighted by Gasteiger charge is 2.30. The van der Waals surface area contributed by atoms with Crippen LogP contribution in [0, 0.1) is 6.92 Å². The van der Waals surface area contributed by atoms with E-state index in [9.17, 15) is 8.76 Å². The second kappa shape index (κ2) is 8.38. The highest BCUT2D eigenvalue weighted by molar-refractivity contribution is 7.94. The van der Waals surface area contributed by atoms with Crippen LogP contribution in [-0.4, -0.2) is 37.9 Å². The Morgan fingerprint density at radius 1 is 1.38 bits per heavy atom. The summed E-state index contributed by atoms with van der Waals surface area (Å²) in [7, 11) is -1.29. The maximum absolute atomic E-state index is 13.0. The minimum atomic E-state index is -1.29. The van der Waals surface area contributed by atoms with Gasteiger partial charge in [0.1, 0.15) is 0 Å². The van der Waals surface area contributed by atoms with E-state index < -0.39 is 10.8 Å². The second-order valence-corrected chi connectivity index (χ2v) is 10.0. The van der Waals surface area contributed by atoms with Crippen LogP contribution in [-0.2, 0) is 10.8 Å². The SMILES string of the molecule is Cc1nc2c(-c3ccc(S(=O)C4CNC4)c(SO)c3/C(=N/N)NN)cccc2s1. The topological polar surface area (TPSA) is 139 Å². The first kappa shape index (κ1) is 20.3. The van der Waals surface area contributed by atoms with Crippen molar-refractivity contribution in [2.45, 2.75) is 22.0 Å². The molecule has 29 heavy (non-hydrogen) atoms. The number of hydrazine groups is 1. The van der Waals surface area contributed by atoms with Crippen LogP contribution in [0.5, 0.6) is 0 Å². The first-order valence-electron chi connectivity index (χ1n) is 8.80. The minimum absolute atomic E-state index is 0.00618. The van der Waals surface area contributed by atoms with Crippen LogP contribution in [0.25, 0.3) is 21.3 Å². The second-order valence-electron chi connectivity index (χ2n) is 6.49. The molecule has 152 valence electrons. The van der Waals surface area contributed by atoms with Gasteiger partial charge in [-0.15, -0.1) is 11.3 Å². The zero-order valence-corrected chi connectivity index (χ0v) is 18.0. The maximum atomic E-state index is 13.0. The molecule has 1 saturated heterocycles. The zero-order valence-electron chi connectivity index (χ0n) is 15.5. The fourth-order valence-electron chi connectivity index (χ4n) is 3.32. The average Bonchev–Trinajstić information content (AvgIpc) is 3.07. The number of amidine groups is 1. The number of para-hydroxylation sites is 1. The van der Waals surface area contributed by atoms with E-state index in [1.54, 1.807) is 17.4 Å². The van der Waals surface area contributed by atoms with E-state index in [1.807, 2.05) is 31.2 Å². The first-order chi connectivity index (χ1) is 14.1. The molecule has 1 aromatic heterocycles. The van der Waals surface area contributed by atoms with E-state index in [-0.39, 0.29) is 11.1 Å². The lowest BCUT2D eigenvalue weighted by atomic mass is 9.98. The molecule has 2 aromatic carbocycles. The molecule has 7 N–H and O–H groups in total. The number of nitrogens with two attached hydrogens (primary N) is 2. The van der Waals surface area contributed by atoms with Crippen LogP contribution in [0.1, 0.15) is 10.6 Å². The third-order valence-corrected chi connectivity index (χ3v) is 8.18. The lowest BCUT2D eigenvalue weighted by Gasteiger charge is -2.27. The number of hydrogen-bond donors (Lipinski definition) is 5. The predicted octanol–water partition coefficient (Wildman–Crippen LogP) is 2.00. The number of hydrazone groups is 1. The number of nitrogens with one attached hydrogen (secondary N) is 2. The fourth-order valence-corrected chi connectivity index (χ4v) is 6.37. The van der Waals surface area contributed by atoms with E-state index in [1.165, 1.54) is 0 Å². The van der Waals surface area contributed by atoms with Crippen LogP contribution in [0.3, 0.4) is 0 Å². The zero-order chi connectivity index (χ0) is 20.5. The van der Waals surface area contributed by atoms with Crippen LogP contribution in [0.15, 0.2) is 45.2 Å². The summed E-state index contributed by atoms with van der Waals surface area (Å²) in [6.07, 6.45) is 0. The molecule has 1 aliphatic heterocycles. The van der Waals surface area contributed by atoms with Crippen molar-refractivity contribution < 1.29 is 8.76 Å². The Balaban J connectivity index is 1.99. The molecule has 0 saturated carbocycles. The largest absolute Gasteiger partial charge is 0.325 e. The number of benzene rings is 2. The number of nitrogens with zero attached hydrogens (tertiary/aromatic N) is 2. The molecule has 0 spiro atoms. The molecule has 1 aliphatic rings. The monoisotopic (exact) mass is 448 g/mol. The summed E-state index contributed by atoms with van der Waals surface area (Å²) < 4.78 is 24.2. The van der Waals surface area contributed by atoms with E-state index in [0.29, 0.717) is 40.5 Å². The Kier molecular flexibility index (Phi) is 5.86. The molecule has 11 heteroatoms. The summed E-state index contributed by atoms with van der Waals surface area (Å²) in [5, 5.41) is 7.83.